The predicted molar refractivity (Wildman–Crippen MR) is 49.8 cm³/mol. The standard InChI is InChI=1S/C10H18NO3/c1-8(2)5-10(13,7-12)6-9(3,4)11(8)14/h7,14H,5-6H2,1-4H3/q-1. The molecule has 0 saturated carbocycles. The predicted octanol–water partition coefficient (Wildman–Crippen LogP) is 0.327. The van der Waals surface area contributed by atoms with Gasteiger partial charge < -0.3 is 15.1 Å². The van der Waals surface area contributed by atoms with Crippen molar-refractivity contribution in [1.82, 2.24) is 5.06 Å². The summed E-state index contributed by atoms with van der Waals surface area (Å²) >= 11 is 0. The fourth-order valence-corrected chi connectivity index (χ4v) is 2.58. The van der Waals surface area contributed by atoms with Crippen molar-refractivity contribution < 1.29 is 15.1 Å². The third-order valence-electron chi connectivity index (χ3n) is 2.83. The number of hydrogen-bond donors (Lipinski definition) is 1. The fraction of sp³-hybridized carbons (Fsp3) is 0.900. The first kappa shape index (κ1) is 11.6. The first-order chi connectivity index (χ1) is 6.13. The lowest BCUT2D eigenvalue weighted by atomic mass is 9.73. The third kappa shape index (κ3) is 1.82. The lowest BCUT2D eigenvalue weighted by Crippen LogP contribution is -2.68. The van der Waals surface area contributed by atoms with Crippen molar-refractivity contribution in [2.75, 3.05) is 0 Å². The van der Waals surface area contributed by atoms with E-state index in [1.807, 2.05) is 0 Å². The summed E-state index contributed by atoms with van der Waals surface area (Å²) in [5.41, 5.74) is -2.86. The van der Waals surface area contributed by atoms with Gasteiger partial charge in [0.05, 0.1) is 0 Å². The van der Waals surface area contributed by atoms with Crippen LogP contribution < -0.4 is 5.11 Å². The second-order valence-electron chi connectivity index (χ2n) is 5.47. The highest BCUT2D eigenvalue weighted by molar-refractivity contribution is 5.62. The maximum absolute atomic E-state index is 12.0. The van der Waals surface area contributed by atoms with Crippen LogP contribution in [0, 0.1) is 0 Å². The summed E-state index contributed by atoms with van der Waals surface area (Å²) < 4.78 is 0. The summed E-state index contributed by atoms with van der Waals surface area (Å²) in [4.78, 5) is 10.8. The summed E-state index contributed by atoms with van der Waals surface area (Å²) in [6, 6.07) is 0. The average molecular weight is 200 g/mol. The van der Waals surface area contributed by atoms with Crippen molar-refractivity contribution in [2.24, 2.45) is 0 Å². The van der Waals surface area contributed by atoms with Crippen LogP contribution in [0.15, 0.2) is 0 Å². The van der Waals surface area contributed by atoms with Crippen LogP contribution in [0.5, 0.6) is 0 Å². The molecular weight excluding hydrogens is 182 g/mol. The molecule has 0 radical (unpaired) electrons. The first-order valence-corrected chi connectivity index (χ1v) is 4.79. The van der Waals surface area contributed by atoms with Crippen molar-refractivity contribution >= 4 is 6.29 Å². The van der Waals surface area contributed by atoms with Crippen LogP contribution in [0.4, 0.5) is 0 Å². The minimum atomic E-state index is -1.56. The molecule has 0 unspecified atom stereocenters. The molecule has 0 aromatic carbocycles. The van der Waals surface area contributed by atoms with E-state index in [0.29, 0.717) is 6.29 Å². The molecule has 4 heteroatoms. The van der Waals surface area contributed by atoms with E-state index in [1.165, 1.54) is 5.06 Å². The first-order valence-electron chi connectivity index (χ1n) is 4.79. The molecule has 4 nitrogen and oxygen atoms in total. The number of aldehydes is 1. The number of carbonyl (C=O) groups is 1. The summed E-state index contributed by atoms with van der Waals surface area (Å²) in [6.45, 7) is 7.07. The van der Waals surface area contributed by atoms with Gasteiger partial charge in [0.2, 0.25) is 0 Å². The molecule has 1 fully saturated rings. The highest BCUT2D eigenvalue weighted by Crippen LogP contribution is 2.39. The molecule has 0 aliphatic carbocycles. The molecule has 1 N–H and O–H groups in total. The van der Waals surface area contributed by atoms with Gasteiger partial charge in [-0.1, -0.05) is 5.60 Å². The Kier molecular flexibility index (Phi) is 2.51. The molecule has 82 valence electrons. The zero-order chi connectivity index (χ0) is 11.2. The van der Waals surface area contributed by atoms with E-state index in [4.69, 9.17) is 0 Å². The van der Waals surface area contributed by atoms with E-state index in [-0.39, 0.29) is 12.8 Å². The Hall–Kier alpha value is -0.450. The Morgan fingerprint density at radius 3 is 1.86 bits per heavy atom. The maximum atomic E-state index is 12.0. The quantitative estimate of drug-likeness (QED) is 0.619. The van der Waals surface area contributed by atoms with Gasteiger partial charge in [0.25, 0.3) is 0 Å². The Bertz CT molecular complexity index is 230. The fourth-order valence-electron chi connectivity index (χ4n) is 2.58. The number of hydrogen-bond acceptors (Lipinski definition) is 4. The van der Waals surface area contributed by atoms with Crippen LogP contribution >= 0.6 is 0 Å². The Balaban J connectivity index is 3.03. The third-order valence-corrected chi connectivity index (χ3v) is 2.83. The molecule has 1 saturated heterocycles. The van der Waals surface area contributed by atoms with Gasteiger partial charge in [-0.3, -0.25) is 0 Å². The van der Waals surface area contributed by atoms with Crippen LogP contribution in [0.25, 0.3) is 0 Å². The van der Waals surface area contributed by atoms with Gasteiger partial charge in [-0.05, 0) is 40.5 Å². The largest absolute Gasteiger partial charge is 0.844 e. The summed E-state index contributed by atoms with van der Waals surface area (Å²) in [5.74, 6) is 0. The minimum absolute atomic E-state index is 0.142. The summed E-state index contributed by atoms with van der Waals surface area (Å²) in [6.07, 6.45) is 0.760. The lowest BCUT2D eigenvalue weighted by Gasteiger charge is -2.57. The average Bonchev–Trinajstić information content (AvgIpc) is 1.99. The molecule has 0 aromatic rings. The van der Waals surface area contributed by atoms with Gasteiger partial charge in [-0.2, -0.15) is 5.06 Å². The number of hydroxylamine groups is 2. The molecular formula is C10H18NO3-. The van der Waals surface area contributed by atoms with E-state index in [0.717, 1.165) is 0 Å². The highest BCUT2D eigenvalue weighted by Gasteiger charge is 2.47. The molecule has 0 spiro atoms. The Morgan fingerprint density at radius 1 is 1.21 bits per heavy atom. The van der Waals surface area contributed by atoms with E-state index in [1.54, 1.807) is 27.7 Å². The lowest BCUT2D eigenvalue weighted by molar-refractivity contribution is -0.481. The SMILES string of the molecule is CC1(C)CC([O-])(C=O)CC(C)(C)N1O. The molecule has 0 atom stereocenters. The van der Waals surface area contributed by atoms with Gasteiger partial charge in [0.15, 0.2) is 0 Å². The second-order valence-corrected chi connectivity index (χ2v) is 5.47. The van der Waals surface area contributed by atoms with Crippen molar-refractivity contribution in [1.29, 1.82) is 0 Å². The van der Waals surface area contributed by atoms with Gasteiger partial charge in [0.1, 0.15) is 6.29 Å². The number of piperidine rings is 1. The van der Waals surface area contributed by atoms with Gasteiger partial charge >= 0.3 is 0 Å². The summed E-state index contributed by atoms with van der Waals surface area (Å²) in [5, 5.41) is 23.0. The molecule has 1 aliphatic heterocycles. The van der Waals surface area contributed by atoms with Crippen LogP contribution in [-0.4, -0.2) is 33.2 Å². The zero-order valence-electron chi connectivity index (χ0n) is 9.20. The highest BCUT2D eigenvalue weighted by atomic mass is 16.5. The molecule has 1 heterocycles. The van der Waals surface area contributed by atoms with Gasteiger partial charge in [-0.15, -0.1) is 0 Å². The van der Waals surface area contributed by atoms with E-state index in [9.17, 15) is 15.1 Å². The van der Waals surface area contributed by atoms with Gasteiger partial charge in [-0.25, -0.2) is 0 Å². The molecule has 0 bridgehead atoms. The number of rotatable bonds is 1. The molecule has 14 heavy (non-hydrogen) atoms. The van der Waals surface area contributed by atoms with E-state index in [2.05, 4.69) is 0 Å². The Labute approximate surface area is 84.5 Å². The number of carbonyl (C=O) groups excluding carboxylic acids is 1. The molecule has 0 aromatic heterocycles. The summed E-state index contributed by atoms with van der Waals surface area (Å²) in [7, 11) is 0. The second kappa shape index (κ2) is 3.02. The van der Waals surface area contributed by atoms with Crippen molar-refractivity contribution in [2.45, 2.75) is 57.2 Å². The van der Waals surface area contributed by atoms with E-state index < -0.39 is 16.7 Å². The van der Waals surface area contributed by atoms with Crippen LogP contribution in [0.3, 0.4) is 0 Å². The van der Waals surface area contributed by atoms with Crippen LogP contribution in [0.2, 0.25) is 0 Å². The minimum Gasteiger partial charge on any atom is -0.844 e. The van der Waals surface area contributed by atoms with Crippen LogP contribution in [-0.2, 0) is 4.79 Å². The van der Waals surface area contributed by atoms with Crippen LogP contribution in [0.1, 0.15) is 40.5 Å². The van der Waals surface area contributed by atoms with Crippen molar-refractivity contribution in [3.8, 4) is 0 Å². The Morgan fingerprint density at radius 2 is 1.57 bits per heavy atom. The topological polar surface area (TPSA) is 63.6 Å². The van der Waals surface area contributed by atoms with E-state index >= 15 is 0 Å². The monoisotopic (exact) mass is 200 g/mol. The van der Waals surface area contributed by atoms with Gasteiger partial charge in [0, 0.05) is 11.1 Å². The molecule has 1 rings (SSSR count). The number of nitrogens with zero attached hydrogens (tertiary/aromatic N) is 1. The van der Waals surface area contributed by atoms with Crippen molar-refractivity contribution in [3.05, 3.63) is 0 Å². The van der Waals surface area contributed by atoms with Crippen molar-refractivity contribution in [3.63, 3.8) is 0 Å². The zero-order valence-corrected chi connectivity index (χ0v) is 9.20. The maximum Gasteiger partial charge on any atom is 0.109 e. The molecule has 1 aliphatic rings. The smallest absolute Gasteiger partial charge is 0.109 e. The molecule has 0 amide bonds. The normalized spacial score (nSPS) is 29.9.